The summed E-state index contributed by atoms with van der Waals surface area (Å²) in [6, 6.07) is 4.01. The first-order valence-corrected chi connectivity index (χ1v) is 12.8. The molecule has 6 rings (SSSR count). The Balaban J connectivity index is 1.18. The second-order valence-corrected chi connectivity index (χ2v) is 10.1. The van der Waals surface area contributed by atoms with Crippen LogP contribution >= 0.6 is 0 Å². The molecule has 9 nitrogen and oxygen atoms in total. The van der Waals surface area contributed by atoms with Gasteiger partial charge in [-0.05, 0) is 44.7 Å². The molecule has 0 atom stereocenters. The Bertz CT molecular complexity index is 1400. The second-order valence-electron chi connectivity index (χ2n) is 10.1. The molecule has 196 valence electrons. The van der Waals surface area contributed by atoms with E-state index in [0.29, 0.717) is 36.7 Å². The van der Waals surface area contributed by atoms with Gasteiger partial charge in [0.1, 0.15) is 5.82 Å². The highest BCUT2D eigenvalue weighted by Gasteiger charge is 2.47. The Morgan fingerprint density at radius 2 is 1.89 bits per heavy atom. The molecule has 4 aromatic rings. The lowest BCUT2D eigenvalue weighted by atomic mass is 9.87. The molecular formula is C26H31F2N7O2. The van der Waals surface area contributed by atoms with E-state index >= 15 is 0 Å². The van der Waals surface area contributed by atoms with Gasteiger partial charge in [-0.1, -0.05) is 0 Å². The number of nitrogens with one attached hydrogen (secondary N) is 1. The number of hydrogen-bond acceptors (Lipinski definition) is 7. The van der Waals surface area contributed by atoms with E-state index in [1.165, 1.54) is 0 Å². The first-order valence-electron chi connectivity index (χ1n) is 12.8. The van der Waals surface area contributed by atoms with Crippen LogP contribution in [-0.4, -0.2) is 67.5 Å². The maximum absolute atomic E-state index is 13.6. The van der Waals surface area contributed by atoms with Crippen molar-refractivity contribution in [2.24, 2.45) is 0 Å². The van der Waals surface area contributed by atoms with Crippen LogP contribution < -0.4 is 5.32 Å². The molecule has 0 spiro atoms. The third-order valence-corrected chi connectivity index (χ3v) is 7.53. The van der Waals surface area contributed by atoms with Crippen LogP contribution in [0.15, 0.2) is 30.7 Å². The zero-order valence-corrected chi connectivity index (χ0v) is 21.0. The summed E-state index contributed by atoms with van der Waals surface area (Å²) >= 11 is 0. The topological polar surface area (TPSA) is 91.4 Å². The van der Waals surface area contributed by atoms with Crippen molar-refractivity contribution in [2.45, 2.75) is 69.6 Å². The van der Waals surface area contributed by atoms with E-state index in [4.69, 9.17) is 9.47 Å². The van der Waals surface area contributed by atoms with Gasteiger partial charge >= 0.3 is 0 Å². The Hall–Kier alpha value is -3.18. The number of rotatable bonds is 8. The standard InChI is InChI=1S/C26H31F2N7O2/c1-16-31-24-22(35(16)19-12-26(27,28)13-19)11-17(14-29-24)21-7-8-34-23(21)15-30-25(33-34)32-18-3-5-20(6-4-18)37-10-9-36-2/h7-8,11,14-15,18-20H,3-6,9-10,12-13H2,1-2H3,(H,32,33)/t18-,20-. The maximum atomic E-state index is 13.6. The van der Waals surface area contributed by atoms with Gasteiger partial charge in [-0.15, -0.1) is 5.10 Å². The normalized spacial score (nSPS) is 21.9. The van der Waals surface area contributed by atoms with Crippen molar-refractivity contribution in [3.63, 3.8) is 0 Å². The van der Waals surface area contributed by atoms with Crippen LogP contribution in [0.2, 0.25) is 0 Å². The highest BCUT2D eigenvalue weighted by atomic mass is 19.3. The number of nitrogens with zero attached hydrogens (tertiary/aromatic N) is 6. The number of ether oxygens (including phenoxy) is 2. The lowest BCUT2D eigenvalue weighted by Gasteiger charge is -2.36. The molecule has 0 unspecified atom stereocenters. The molecule has 0 amide bonds. The Morgan fingerprint density at radius 3 is 2.65 bits per heavy atom. The molecule has 2 fully saturated rings. The highest BCUT2D eigenvalue weighted by molar-refractivity contribution is 5.85. The third-order valence-electron chi connectivity index (χ3n) is 7.53. The van der Waals surface area contributed by atoms with Gasteiger partial charge < -0.3 is 19.4 Å². The van der Waals surface area contributed by atoms with Gasteiger partial charge in [-0.25, -0.2) is 28.2 Å². The fourth-order valence-electron chi connectivity index (χ4n) is 5.58. The SMILES string of the molecule is COCCO[C@H]1CC[C@H](Nc2ncc3c(-c4cnc5nc(C)n(C6CC(F)(F)C6)c5c4)ccn3n2)CC1. The molecule has 2 aliphatic carbocycles. The van der Waals surface area contributed by atoms with Crippen molar-refractivity contribution in [3.05, 3.63) is 36.5 Å². The molecule has 0 aromatic carbocycles. The van der Waals surface area contributed by atoms with E-state index in [1.54, 1.807) is 13.3 Å². The van der Waals surface area contributed by atoms with E-state index in [2.05, 4.69) is 25.4 Å². The molecule has 4 aromatic heterocycles. The van der Waals surface area contributed by atoms with E-state index in [0.717, 1.165) is 47.8 Å². The summed E-state index contributed by atoms with van der Waals surface area (Å²) in [5, 5.41) is 8.14. The predicted molar refractivity (Wildman–Crippen MR) is 135 cm³/mol. The number of hydrogen-bond donors (Lipinski definition) is 1. The van der Waals surface area contributed by atoms with Crippen molar-refractivity contribution in [1.29, 1.82) is 0 Å². The zero-order chi connectivity index (χ0) is 25.6. The molecule has 1 N–H and O–H groups in total. The number of aryl methyl sites for hydroxylation is 1. The number of imidazole rings is 1. The van der Waals surface area contributed by atoms with E-state index < -0.39 is 5.92 Å². The smallest absolute Gasteiger partial charge is 0.252 e. The van der Waals surface area contributed by atoms with Gasteiger partial charge in [-0.3, -0.25) is 0 Å². The maximum Gasteiger partial charge on any atom is 0.252 e. The number of anilines is 1. The van der Waals surface area contributed by atoms with Crippen LogP contribution in [0.25, 0.3) is 27.8 Å². The summed E-state index contributed by atoms with van der Waals surface area (Å²) in [6.07, 6.45) is 9.45. The number of pyridine rings is 1. The number of methoxy groups -OCH3 is 1. The summed E-state index contributed by atoms with van der Waals surface area (Å²) in [5.74, 6) is -1.31. The second kappa shape index (κ2) is 9.60. The summed E-state index contributed by atoms with van der Waals surface area (Å²) in [4.78, 5) is 13.6. The fourth-order valence-corrected chi connectivity index (χ4v) is 5.58. The zero-order valence-electron chi connectivity index (χ0n) is 21.0. The van der Waals surface area contributed by atoms with Crippen molar-refractivity contribution in [3.8, 4) is 11.1 Å². The lowest BCUT2D eigenvalue weighted by Crippen LogP contribution is -2.37. The van der Waals surface area contributed by atoms with E-state index in [-0.39, 0.29) is 25.0 Å². The fraction of sp³-hybridized carbons (Fsp3) is 0.538. The number of alkyl halides is 2. The average Bonchev–Trinajstić information content (AvgIpc) is 3.43. The van der Waals surface area contributed by atoms with Crippen molar-refractivity contribution >= 4 is 22.6 Å². The van der Waals surface area contributed by atoms with E-state index in [1.807, 2.05) is 40.5 Å². The van der Waals surface area contributed by atoms with Crippen LogP contribution in [0.4, 0.5) is 14.7 Å². The summed E-state index contributed by atoms with van der Waals surface area (Å²) in [7, 11) is 1.68. The lowest BCUT2D eigenvalue weighted by molar-refractivity contribution is -0.103. The Kier molecular flexibility index (Phi) is 6.28. The summed E-state index contributed by atoms with van der Waals surface area (Å²) < 4.78 is 41.8. The van der Waals surface area contributed by atoms with Crippen LogP contribution in [0.1, 0.15) is 50.4 Å². The molecular weight excluding hydrogens is 480 g/mol. The molecule has 0 aliphatic heterocycles. The molecule has 0 bridgehead atoms. The minimum Gasteiger partial charge on any atom is -0.382 e. The van der Waals surface area contributed by atoms with Gasteiger partial charge in [0.2, 0.25) is 5.95 Å². The van der Waals surface area contributed by atoms with E-state index in [9.17, 15) is 8.78 Å². The van der Waals surface area contributed by atoms with Crippen LogP contribution in [0.5, 0.6) is 0 Å². The molecule has 0 radical (unpaired) electrons. The Labute approximate surface area is 213 Å². The number of aromatic nitrogens is 6. The third kappa shape index (κ3) is 4.77. The molecule has 11 heteroatoms. The highest BCUT2D eigenvalue weighted by Crippen LogP contribution is 2.47. The van der Waals surface area contributed by atoms with Crippen LogP contribution in [0.3, 0.4) is 0 Å². The molecule has 4 heterocycles. The van der Waals surface area contributed by atoms with Crippen LogP contribution in [-0.2, 0) is 9.47 Å². The predicted octanol–water partition coefficient (Wildman–Crippen LogP) is 4.81. The molecule has 2 aliphatic rings. The number of fused-ring (bicyclic) bond motifs is 2. The van der Waals surface area contributed by atoms with Gasteiger partial charge in [0, 0.05) is 55.6 Å². The Morgan fingerprint density at radius 1 is 1.08 bits per heavy atom. The first-order chi connectivity index (χ1) is 17.9. The van der Waals surface area contributed by atoms with Crippen molar-refractivity contribution < 1.29 is 18.3 Å². The molecule has 37 heavy (non-hydrogen) atoms. The number of halogens is 2. The first kappa shape index (κ1) is 24.2. The summed E-state index contributed by atoms with van der Waals surface area (Å²) in [5.41, 5.74) is 4.00. The molecule has 0 saturated heterocycles. The molecule has 2 saturated carbocycles. The van der Waals surface area contributed by atoms with Gasteiger partial charge in [-0.2, -0.15) is 0 Å². The quantitative estimate of drug-likeness (QED) is 0.340. The van der Waals surface area contributed by atoms with Crippen LogP contribution in [0, 0.1) is 6.92 Å². The summed E-state index contributed by atoms with van der Waals surface area (Å²) in [6.45, 7) is 3.10. The monoisotopic (exact) mass is 511 g/mol. The van der Waals surface area contributed by atoms with Crippen molar-refractivity contribution in [2.75, 3.05) is 25.6 Å². The van der Waals surface area contributed by atoms with Gasteiger partial charge in [0.25, 0.3) is 5.92 Å². The van der Waals surface area contributed by atoms with Crippen molar-refractivity contribution in [1.82, 2.24) is 29.1 Å². The average molecular weight is 512 g/mol. The minimum absolute atomic E-state index is 0.162. The largest absolute Gasteiger partial charge is 0.382 e. The van der Waals surface area contributed by atoms with Gasteiger partial charge in [0.15, 0.2) is 5.65 Å². The van der Waals surface area contributed by atoms with Gasteiger partial charge in [0.05, 0.1) is 36.5 Å². The minimum atomic E-state index is -2.60.